The van der Waals surface area contributed by atoms with Gasteiger partial charge in [-0.05, 0) is 6.07 Å². The van der Waals surface area contributed by atoms with Crippen LogP contribution in [0.4, 0.5) is 22.0 Å². The van der Waals surface area contributed by atoms with Crippen LogP contribution in [-0.4, -0.2) is 23.2 Å². The van der Waals surface area contributed by atoms with Crippen LogP contribution in [0, 0.1) is 0 Å². The molecule has 4 nitrogen and oxygen atoms in total. The molecule has 1 rings (SSSR count). The number of alkyl halides is 5. The Morgan fingerprint density at radius 2 is 2.00 bits per heavy atom. The second-order valence-corrected chi connectivity index (χ2v) is 3.08. The van der Waals surface area contributed by atoms with Gasteiger partial charge < -0.3 is 9.84 Å². The van der Waals surface area contributed by atoms with E-state index in [0.717, 1.165) is 7.11 Å². The van der Waals surface area contributed by atoms with Crippen molar-refractivity contribution in [2.45, 2.75) is 12.6 Å². The van der Waals surface area contributed by atoms with E-state index in [1.807, 2.05) is 0 Å². The lowest BCUT2D eigenvalue weighted by molar-refractivity contribution is -0.139. The quantitative estimate of drug-likeness (QED) is 0.663. The summed E-state index contributed by atoms with van der Waals surface area (Å²) in [6.45, 7) is 0. The van der Waals surface area contributed by atoms with Crippen LogP contribution >= 0.6 is 0 Å². The summed E-state index contributed by atoms with van der Waals surface area (Å²) in [7, 11) is 0.853. The van der Waals surface area contributed by atoms with Crippen molar-refractivity contribution in [3.63, 3.8) is 0 Å². The molecule has 0 fully saturated rings. The number of methoxy groups -OCH3 is 1. The predicted molar refractivity (Wildman–Crippen MR) is 47.2 cm³/mol. The molecule has 1 aromatic rings. The van der Waals surface area contributed by atoms with Gasteiger partial charge in [-0.15, -0.1) is 0 Å². The highest BCUT2D eigenvalue weighted by Gasteiger charge is 2.38. The number of hydrogen-bond donors (Lipinski definition) is 1. The van der Waals surface area contributed by atoms with E-state index in [0.29, 0.717) is 0 Å². The van der Waals surface area contributed by atoms with Crippen LogP contribution in [0.15, 0.2) is 6.07 Å². The molecule has 9 heteroatoms. The SMILES string of the molecule is COC(=O)c1cc(C(F)(F)F)c(O)c(C(F)F)n1. The Hall–Kier alpha value is -1.93. The molecule has 0 saturated carbocycles. The van der Waals surface area contributed by atoms with E-state index >= 15 is 0 Å². The Balaban J connectivity index is 3.52. The van der Waals surface area contributed by atoms with Crippen molar-refractivity contribution in [1.82, 2.24) is 4.98 Å². The van der Waals surface area contributed by atoms with Crippen molar-refractivity contribution in [2.75, 3.05) is 7.11 Å². The number of esters is 1. The monoisotopic (exact) mass is 271 g/mol. The number of hydrogen-bond acceptors (Lipinski definition) is 4. The fourth-order valence-electron chi connectivity index (χ4n) is 1.14. The van der Waals surface area contributed by atoms with Gasteiger partial charge in [0.25, 0.3) is 6.43 Å². The maximum atomic E-state index is 12.5. The average Bonchev–Trinajstić information content (AvgIpc) is 2.26. The zero-order chi connectivity index (χ0) is 14.1. The first kappa shape index (κ1) is 14.1. The molecule has 18 heavy (non-hydrogen) atoms. The fourth-order valence-corrected chi connectivity index (χ4v) is 1.14. The number of halogens is 5. The molecule has 0 saturated heterocycles. The minimum Gasteiger partial charge on any atom is -0.505 e. The predicted octanol–water partition coefficient (Wildman–Crippen LogP) is 2.53. The van der Waals surface area contributed by atoms with Crippen molar-refractivity contribution in [3.05, 3.63) is 23.0 Å². The lowest BCUT2D eigenvalue weighted by Gasteiger charge is -2.13. The van der Waals surface area contributed by atoms with Crippen LogP contribution in [0.2, 0.25) is 0 Å². The van der Waals surface area contributed by atoms with Crippen LogP contribution in [0.1, 0.15) is 28.2 Å². The second-order valence-electron chi connectivity index (χ2n) is 3.08. The van der Waals surface area contributed by atoms with E-state index < -0.39 is 41.3 Å². The normalized spacial score (nSPS) is 11.7. The fraction of sp³-hybridized carbons (Fsp3) is 0.333. The van der Waals surface area contributed by atoms with Crippen molar-refractivity contribution in [1.29, 1.82) is 0 Å². The molecule has 0 aliphatic heterocycles. The largest absolute Gasteiger partial charge is 0.505 e. The first-order chi connectivity index (χ1) is 8.18. The van der Waals surface area contributed by atoms with Crippen molar-refractivity contribution in [2.24, 2.45) is 0 Å². The lowest BCUT2D eigenvalue weighted by Crippen LogP contribution is -2.13. The molecular weight excluding hydrogens is 265 g/mol. The molecule has 1 aromatic heterocycles. The van der Waals surface area contributed by atoms with Gasteiger partial charge >= 0.3 is 12.1 Å². The van der Waals surface area contributed by atoms with Crippen LogP contribution in [-0.2, 0) is 10.9 Å². The summed E-state index contributed by atoms with van der Waals surface area (Å²) in [5.74, 6) is -3.02. The van der Waals surface area contributed by atoms with Gasteiger partial charge in [0.15, 0.2) is 5.75 Å². The van der Waals surface area contributed by atoms with Gasteiger partial charge in [0, 0.05) is 0 Å². The summed E-state index contributed by atoms with van der Waals surface area (Å²) in [5, 5.41) is 9.06. The third-order valence-electron chi connectivity index (χ3n) is 1.93. The van der Waals surface area contributed by atoms with E-state index in [2.05, 4.69) is 9.72 Å². The summed E-state index contributed by atoms with van der Waals surface area (Å²) < 4.78 is 66.3. The van der Waals surface area contributed by atoms with E-state index in [1.54, 1.807) is 0 Å². The molecule has 0 aliphatic carbocycles. The second kappa shape index (κ2) is 4.75. The van der Waals surface area contributed by atoms with Gasteiger partial charge in [-0.1, -0.05) is 0 Å². The first-order valence-electron chi connectivity index (χ1n) is 4.36. The minimum atomic E-state index is -5.10. The highest BCUT2D eigenvalue weighted by Crippen LogP contribution is 2.40. The van der Waals surface area contributed by atoms with Crippen LogP contribution in [0.5, 0.6) is 5.75 Å². The van der Waals surface area contributed by atoms with Crippen LogP contribution in [0.3, 0.4) is 0 Å². The Kier molecular flexibility index (Phi) is 3.73. The van der Waals surface area contributed by atoms with Gasteiger partial charge in [-0.2, -0.15) is 13.2 Å². The molecule has 0 aliphatic rings. The molecule has 1 heterocycles. The first-order valence-corrected chi connectivity index (χ1v) is 4.36. The number of aromatic nitrogens is 1. The number of carbonyl (C=O) groups is 1. The number of aromatic hydroxyl groups is 1. The number of pyridine rings is 1. The Morgan fingerprint density at radius 3 is 2.39 bits per heavy atom. The molecule has 0 bridgehead atoms. The standard InChI is InChI=1S/C9H6F5NO3/c1-18-8(17)4-2-3(9(12,13)14)6(16)5(15-4)7(10)11/h2,7,16H,1H3. The summed E-state index contributed by atoms with van der Waals surface area (Å²) >= 11 is 0. The minimum absolute atomic E-state index is 0.146. The Labute approximate surface area is 97.0 Å². The smallest absolute Gasteiger partial charge is 0.420 e. The van der Waals surface area contributed by atoms with Crippen LogP contribution < -0.4 is 0 Å². The molecule has 0 atom stereocenters. The molecule has 0 amide bonds. The Morgan fingerprint density at radius 1 is 1.44 bits per heavy atom. The van der Waals surface area contributed by atoms with E-state index in [4.69, 9.17) is 5.11 Å². The highest BCUT2D eigenvalue weighted by molar-refractivity contribution is 5.87. The number of carbonyl (C=O) groups excluding carboxylic acids is 1. The zero-order valence-corrected chi connectivity index (χ0v) is 8.76. The van der Waals surface area contributed by atoms with Crippen molar-refractivity contribution < 1.29 is 36.6 Å². The molecule has 0 aromatic carbocycles. The third-order valence-corrected chi connectivity index (χ3v) is 1.93. The maximum absolute atomic E-state index is 12.5. The molecule has 0 radical (unpaired) electrons. The summed E-state index contributed by atoms with van der Waals surface area (Å²) in [6.07, 6.45) is -8.56. The summed E-state index contributed by atoms with van der Waals surface area (Å²) in [5.41, 5.74) is -4.25. The molecular formula is C9H6F5NO3. The molecule has 0 unspecified atom stereocenters. The van der Waals surface area contributed by atoms with E-state index in [1.165, 1.54) is 0 Å². The van der Waals surface area contributed by atoms with Gasteiger partial charge in [0.2, 0.25) is 0 Å². The average molecular weight is 271 g/mol. The van der Waals surface area contributed by atoms with E-state index in [9.17, 15) is 26.7 Å². The summed E-state index contributed by atoms with van der Waals surface area (Å²) in [4.78, 5) is 13.9. The van der Waals surface area contributed by atoms with Gasteiger partial charge in [0.1, 0.15) is 17.0 Å². The molecule has 0 spiro atoms. The van der Waals surface area contributed by atoms with Gasteiger partial charge in [-0.3, -0.25) is 0 Å². The number of ether oxygens (including phenoxy) is 1. The molecule has 100 valence electrons. The van der Waals surface area contributed by atoms with Gasteiger partial charge in [0.05, 0.1) is 7.11 Å². The lowest BCUT2D eigenvalue weighted by atomic mass is 10.1. The number of rotatable bonds is 2. The maximum Gasteiger partial charge on any atom is 0.420 e. The van der Waals surface area contributed by atoms with Crippen molar-refractivity contribution in [3.8, 4) is 5.75 Å². The van der Waals surface area contributed by atoms with Gasteiger partial charge in [-0.25, -0.2) is 18.6 Å². The zero-order valence-electron chi connectivity index (χ0n) is 8.76. The third kappa shape index (κ3) is 2.66. The Bertz CT molecular complexity index is 472. The summed E-state index contributed by atoms with van der Waals surface area (Å²) in [6, 6.07) is 0.146. The van der Waals surface area contributed by atoms with Crippen LogP contribution in [0.25, 0.3) is 0 Å². The topological polar surface area (TPSA) is 59.4 Å². The highest BCUT2D eigenvalue weighted by atomic mass is 19.4. The van der Waals surface area contributed by atoms with Crippen molar-refractivity contribution >= 4 is 5.97 Å². The number of nitrogens with zero attached hydrogens (tertiary/aromatic N) is 1. The molecule has 1 N–H and O–H groups in total. The van der Waals surface area contributed by atoms with E-state index in [-0.39, 0.29) is 6.07 Å².